The molecule has 0 aliphatic heterocycles. The number of nitrogens with zero attached hydrogens (tertiary/aromatic N) is 1. The maximum atomic E-state index is 12.1. The lowest BCUT2D eigenvalue weighted by atomic mass is 10.4. The number of guanidine groups is 1. The third kappa shape index (κ3) is 10.1. The summed E-state index contributed by atoms with van der Waals surface area (Å²) in [6, 6.07) is 9.95. The highest BCUT2D eigenvalue weighted by Gasteiger charge is 2.26. The lowest BCUT2D eigenvalue weighted by molar-refractivity contribution is -0.132. The summed E-state index contributed by atoms with van der Waals surface area (Å²) in [5.41, 5.74) is 0. The van der Waals surface area contributed by atoms with Gasteiger partial charge in [0.2, 0.25) is 0 Å². The molecule has 0 heterocycles. The molecule has 0 saturated heterocycles. The molecule has 0 aliphatic carbocycles. The summed E-state index contributed by atoms with van der Waals surface area (Å²) in [5, 5.41) is 5.95. The first-order valence-electron chi connectivity index (χ1n) is 6.63. The molecule has 1 atom stereocenters. The monoisotopic (exact) mass is 447 g/mol. The molecule has 0 bridgehead atoms. The Bertz CT molecular complexity index is 441. The second-order valence-electron chi connectivity index (χ2n) is 4.49. The van der Waals surface area contributed by atoms with Crippen molar-refractivity contribution in [2.24, 2.45) is 4.99 Å². The number of alkyl halides is 3. The van der Waals surface area contributed by atoms with Crippen LogP contribution in [-0.4, -0.2) is 37.5 Å². The van der Waals surface area contributed by atoms with Crippen LogP contribution in [0, 0.1) is 0 Å². The van der Waals surface area contributed by atoms with Crippen LogP contribution in [-0.2, 0) is 0 Å². The van der Waals surface area contributed by atoms with E-state index in [1.54, 1.807) is 11.8 Å². The third-order valence-corrected chi connectivity index (χ3v) is 3.68. The zero-order chi connectivity index (χ0) is 15.7. The molecule has 8 heteroatoms. The second kappa shape index (κ2) is 11.0. The van der Waals surface area contributed by atoms with Crippen molar-refractivity contribution >= 4 is 41.7 Å². The van der Waals surface area contributed by atoms with Crippen LogP contribution in [0.1, 0.15) is 13.3 Å². The summed E-state index contributed by atoms with van der Waals surface area (Å²) in [4.78, 5) is 5.06. The molecule has 1 unspecified atom stereocenters. The number of hydrogen-bond acceptors (Lipinski definition) is 2. The highest BCUT2D eigenvalue weighted by molar-refractivity contribution is 14.0. The molecule has 0 spiro atoms. The fraction of sp³-hybridized carbons (Fsp3) is 0.500. The Labute approximate surface area is 150 Å². The zero-order valence-corrected chi connectivity index (χ0v) is 15.6. The van der Waals surface area contributed by atoms with Gasteiger partial charge in [-0.1, -0.05) is 25.1 Å². The predicted molar refractivity (Wildman–Crippen MR) is 97.2 cm³/mol. The molecule has 0 aliphatic rings. The molecule has 0 amide bonds. The van der Waals surface area contributed by atoms with Crippen LogP contribution in [0.25, 0.3) is 0 Å². The maximum Gasteiger partial charge on any atom is 0.390 e. The summed E-state index contributed by atoms with van der Waals surface area (Å²) in [6.07, 6.45) is -5.02. The quantitative estimate of drug-likeness (QED) is 0.301. The second-order valence-corrected chi connectivity index (χ2v) is 6.00. The van der Waals surface area contributed by atoms with Crippen molar-refractivity contribution in [3.63, 3.8) is 0 Å². The SMILES string of the molecule is CN=C(NCCC(F)(F)F)NCC(C)Sc1ccccc1.I. The molecule has 0 radical (unpaired) electrons. The minimum absolute atomic E-state index is 0. The molecule has 0 fully saturated rings. The summed E-state index contributed by atoms with van der Waals surface area (Å²) >= 11 is 1.70. The van der Waals surface area contributed by atoms with E-state index in [-0.39, 0.29) is 35.8 Å². The van der Waals surface area contributed by atoms with E-state index < -0.39 is 12.6 Å². The third-order valence-electron chi connectivity index (χ3n) is 2.56. The van der Waals surface area contributed by atoms with Crippen molar-refractivity contribution in [3.8, 4) is 0 Å². The summed E-state index contributed by atoms with van der Waals surface area (Å²) in [5.74, 6) is 0.389. The van der Waals surface area contributed by atoms with Crippen molar-refractivity contribution in [3.05, 3.63) is 30.3 Å². The summed E-state index contributed by atoms with van der Waals surface area (Å²) < 4.78 is 36.2. The van der Waals surface area contributed by atoms with Crippen LogP contribution in [0.3, 0.4) is 0 Å². The molecule has 126 valence electrons. The average Bonchev–Trinajstić information content (AvgIpc) is 2.42. The van der Waals surface area contributed by atoms with E-state index in [4.69, 9.17) is 0 Å². The highest BCUT2D eigenvalue weighted by Crippen LogP contribution is 2.22. The van der Waals surface area contributed by atoms with Gasteiger partial charge in [0.25, 0.3) is 0 Å². The number of thioether (sulfide) groups is 1. The van der Waals surface area contributed by atoms with Gasteiger partial charge in [-0.15, -0.1) is 35.7 Å². The zero-order valence-electron chi connectivity index (χ0n) is 12.5. The first-order chi connectivity index (χ1) is 9.90. The predicted octanol–water partition coefficient (Wildman–Crippen LogP) is 3.90. The number of rotatable bonds is 6. The van der Waals surface area contributed by atoms with E-state index in [2.05, 4.69) is 15.6 Å². The summed E-state index contributed by atoms with van der Waals surface area (Å²) in [7, 11) is 1.54. The Morgan fingerprint density at radius 3 is 2.41 bits per heavy atom. The maximum absolute atomic E-state index is 12.1. The largest absolute Gasteiger partial charge is 0.390 e. The van der Waals surface area contributed by atoms with Gasteiger partial charge in [-0.05, 0) is 12.1 Å². The Morgan fingerprint density at radius 2 is 1.86 bits per heavy atom. The molecule has 22 heavy (non-hydrogen) atoms. The number of hydrogen-bond donors (Lipinski definition) is 2. The number of aliphatic imine (C=N–C) groups is 1. The van der Waals surface area contributed by atoms with Gasteiger partial charge in [0, 0.05) is 30.3 Å². The Hall–Kier alpha value is -0.640. The van der Waals surface area contributed by atoms with Crippen molar-refractivity contribution in [1.29, 1.82) is 0 Å². The molecule has 0 aromatic heterocycles. The van der Waals surface area contributed by atoms with E-state index in [1.165, 1.54) is 7.05 Å². The fourth-order valence-corrected chi connectivity index (χ4v) is 2.50. The molecule has 1 aromatic carbocycles. The molecule has 1 aromatic rings. The van der Waals surface area contributed by atoms with Gasteiger partial charge in [0.15, 0.2) is 5.96 Å². The lowest BCUT2D eigenvalue weighted by Crippen LogP contribution is -2.41. The first kappa shape index (κ1) is 21.4. The Morgan fingerprint density at radius 1 is 1.23 bits per heavy atom. The highest BCUT2D eigenvalue weighted by atomic mass is 127. The molecule has 0 saturated carbocycles. The van der Waals surface area contributed by atoms with Crippen LogP contribution >= 0.6 is 35.7 Å². The van der Waals surface area contributed by atoms with Gasteiger partial charge < -0.3 is 10.6 Å². The Kier molecular flexibility index (Phi) is 10.7. The van der Waals surface area contributed by atoms with Crippen LogP contribution < -0.4 is 10.6 Å². The first-order valence-corrected chi connectivity index (χ1v) is 7.51. The van der Waals surface area contributed by atoms with E-state index in [0.717, 1.165) is 4.90 Å². The number of halogens is 4. The average molecular weight is 447 g/mol. The van der Waals surface area contributed by atoms with E-state index in [1.807, 2.05) is 37.3 Å². The molecular formula is C14H21F3IN3S. The van der Waals surface area contributed by atoms with Crippen molar-refractivity contribution in [2.45, 2.75) is 29.7 Å². The fourth-order valence-electron chi connectivity index (χ4n) is 1.56. The lowest BCUT2D eigenvalue weighted by Gasteiger charge is -2.16. The summed E-state index contributed by atoms with van der Waals surface area (Å²) in [6.45, 7) is 2.49. The van der Waals surface area contributed by atoms with Crippen LogP contribution in [0.4, 0.5) is 13.2 Å². The number of nitrogens with one attached hydrogen (secondary N) is 2. The molecule has 1 rings (SSSR count). The van der Waals surface area contributed by atoms with Crippen LogP contribution in [0.15, 0.2) is 40.2 Å². The van der Waals surface area contributed by atoms with Crippen molar-refractivity contribution in [1.82, 2.24) is 10.6 Å². The van der Waals surface area contributed by atoms with E-state index >= 15 is 0 Å². The van der Waals surface area contributed by atoms with Crippen molar-refractivity contribution in [2.75, 3.05) is 20.1 Å². The van der Waals surface area contributed by atoms with Crippen molar-refractivity contribution < 1.29 is 13.2 Å². The minimum Gasteiger partial charge on any atom is -0.356 e. The molecule has 2 N–H and O–H groups in total. The van der Waals surface area contributed by atoms with Gasteiger partial charge in [0.05, 0.1) is 6.42 Å². The van der Waals surface area contributed by atoms with Gasteiger partial charge in [-0.2, -0.15) is 13.2 Å². The standard InChI is InChI=1S/C14H20F3N3S.HI/c1-11(21-12-6-4-3-5-7-12)10-20-13(18-2)19-9-8-14(15,16)17;/h3-7,11H,8-10H2,1-2H3,(H2,18,19,20);1H. The smallest absolute Gasteiger partial charge is 0.356 e. The molecular weight excluding hydrogens is 426 g/mol. The minimum atomic E-state index is -4.15. The topological polar surface area (TPSA) is 36.4 Å². The van der Waals surface area contributed by atoms with Gasteiger partial charge in [-0.3, -0.25) is 4.99 Å². The van der Waals surface area contributed by atoms with Gasteiger partial charge in [-0.25, -0.2) is 0 Å². The van der Waals surface area contributed by atoms with Gasteiger partial charge in [0.1, 0.15) is 0 Å². The van der Waals surface area contributed by atoms with Crippen LogP contribution in [0.5, 0.6) is 0 Å². The van der Waals surface area contributed by atoms with E-state index in [0.29, 0.717) is 12.5 Å². The number of benzene rings is 1. The molecule has 3 nitrogen and oxygen atoms in total. The normalized spacial score (nSPS) is 13.2. The van der Waals surface area contributed by atoms with E-state index in [9.17, 15) is 13.2 Å². The Balaban J connectivity index is 0.00000441. The van der Waals surface area contributed by atoms with Crippen LogP contribution in [0.2, 0.25) is 0 Å². The van der Waals surface area contributed by atoms with Gasteiger partial charge >= 0.3 is 6.18 Å².